The van der Waals surface area contributed by atoms with Crippen molar-refractivity contribution in [2.24, 2.45) is 0 Å². The molecule has 1 unspecified atom stereocenters. The molecule has 0 aliphatic heterocycles. The van der Waals surface area contributed by atoms with E-state index in [1.807, 2.05) is 54.6 Å². The lowest BCUT2D eigenvalue weighted by Crippen LogP contribution is -2.36. The van der Waals surface area contributed by atoms with Gasteiger partial charge in [0.15, 0.2) is 11.6 Å². The summed E-state index contributed by atoms with van der Waals surface area (Å²) in [5, 5.41) is 3.12. The Bertz CT molecular complexity index is 510. The van der Waals surface area contributed by atoms with E-state index < -0.39 is 5.79 Å². The van der Waals surface area contributed by atoms with E-state index in [0.717, 1.165) is 5.56 Å². The van der Waals surface area contributed by atoms with Crippen LogP contribution in [0.4, 0.5) is 0 Å². The van der Waals surface area contributed by atoms with Crippen LogP contribution in [0.5, 0.6) is 0 Å². The molecule has 0 amide bonds. The fraction of sp³-hybridized carbons (Fsp3) is 0.353. The molecule has 0 saturated heterocycles. The lowest BCUT2D eigenvalue weighted by atomic mass is 10.1. The normalized spacial score (nSPS) is 20.6. The second kappa shape index (κ2) is 7.88. The van der Waals surface area contributed by atoms with Crippen molar-refractivity contribution in [2.75, 3.05) is 20.3 Å². The number of Topliss-reactive ketones (excluding diaryl/α,β-unsaturated/α-hetero) is 1. The lowest BCUT2D eigenvalue weighted by molar-refractivity contribution is -0.188. The Kier molecular flexibility index (Phi) is 5.87. The number of hydrogen-bond acceptors (Lipinski definition) is 4. The van der Waals surface area contributed by atoms with Crippen molar-refractivity contribution in [2.45, 2.75) is 18.8 Å². The van der Waals surface area contributed by atoms with Gasteiger partial charge in [-0.25, -0.2) is 0 Å². The molecule has 1 N–H and O–H groups in total. The molecule has 2 rings (SSSR count). The minimum atomic E-state index is -0.802. The molecule has 4 nitrogen and oxygen atoms in total. The topological polar surface area (TPSA) is 47.6 Å². The summed E-state index contributed by atoms with van der Waals surface area (Å²) in [7, 11) is 1.58. The van der Waals surface area contributed by atoms with Gasteiger partial charge in [-0.05, 0) is 11.6 Å². The first-order valence-electron chi connectivity index (χ1n) is 7.04. The van der Waals surface area contributed by atoms with E-state index in [1.165, 1.54) is 0 Å². The number of nitrogens with one attached hydrogen (secondary N) is 1. The standard InChI is InChI=1S/C17H21NO3/c1-20-17(10-6-3-7-11-17)21-14-16(19)13-18-12-15-8-4-2-5-9-15/h2-10,18H,11-14H2,1H3. The number of hydrogen-bond donors (Lipinski definition) is 1. The number of allylic oxidation sites excluding steroid dienone is 2. The van der Waals surface area contributed by atoms with Crippen molar-refractivity contribution >= 4 is 5.78 Å². The Morgan fingerprint density at radius 2 is 2.10 bits per heavy atom. The highest BCUT2D eigenvalue weighted by atomic mass is 16.7. The second-order valence-corrected chi connectivity index (χ2v) is 4.92. The Morgan fingerprint density at radius 3 is 2.76 bits per heavy atom. The van der Waals surface area contributed by atoms with Gasteiger partial charge in [-0.3, -0.25) is 4.79 Å². The van der Waals surface area contributed by atoms with Crippen molar-refractivity contribution in [3.05, 3.63) is 60.2 Å². The molecule has 1 aromatic carbocycles. The van der Waals surface area contributed by atoms with Crippen LogP contribution in [0.3, 0.4) is 0 Å². The van der Waals surface area contributed by atoms with E-state index in [1.54, 1.807) is 7.11 Å². The molecule has 112 valence electrons. The monoisotopic (exact) mass is 287 g/mol. The van der Waals surface area contributed by atoms with Crippen LogP contribution in [0.15, 0.2) is 54.6 Å². The van der Waals surface area contributed by atoms with Crippen LogP contribution in [0.2, 0.25) is 0 Å². The summed E-state index contributed by atoms with van der Waals surface area (Å²) < 4.78 is 11.0. The van der Waals surface area contributed by atoms with Gasteiger partial charge in [0.2, 0.25) is 0 Å². The third-order valence-corrected chi connectivity index (χ3v) is 3.32. The maximum Gasteiger partial charge on any atom is 0.191 e. The molecule has 0 heterocycles. The minimum Gasteiger partial charge on any atom is -0.349 e. The maximum atomic E-state index is 11.8. The van der Waals surface area contributed by atoms with Crippen molar-refractivity contribution < 1.29 is 14.3 Å². The summed E-state index contributed by atoms with van der Waals surface area (Å²) in [6, 6.07) is 9.97. The average molecular weight is 287 g/mol. The molecule has 1 aliphatic rings. The van der Waals surface area contributed by atoms with Crippen LogP contribution >= 0.6 is 0 Å². The Hall–Kier alpha value is -1.75. The second-order valence-electron chi connectivity index (χ2n) is 4.92. The number of benzene rings is 1. The van der Waals surface area contributed by atoms with Gasteiger partial charge in [-0.1, -0.05) is 48.6 Å². The third-order valence-electron chi connectivity index (χ3n) is 3.32. The van der Waals surface area contributed by atoms with Crippen LogP contribution in [-0.4, -0.2) is 31.8 Å². The zero-order valence-corrected chi connectivity index (χ0v) is 12.2. The number of methoxy groups -OCH3 is 1. The summed E-state index contributed by atoms with van der Waals surface area (Å²) >= 11 is 0. The predicted molar refractivity (Wildman–Crippen MR) is 81.7 cm³/mol. The highest BCUT2D eigenvalue weighted by Gasteiger charge is 2.28. The molecule has 0 spiro atoms. The Morgan fingerprint density at radius 1 is 1.29 bits per heavy atom. The van der Waals surface area contributed by atoms with Crippen LogP contribution < -0.4 is 5.32 Å². The molecule has 0 radical (unpaired) electrons. The van der Waals surface area contributed by atoms with E-state index in [9.17, 15) is 4.79 Å². The number of carbonyl (C=O) groups is 1. The molecule has 0 fully saturated rings. The van der Waals surface area contributed by atoms with E-state index in [0.29, 0.717) is 13.0 Å². The highest BCUT2D eigenvalue weighted by Crippen LogP contribution is 2.22. The smallest absolute Gasteiger partial charge is 0.191 e. The third kappa shape index (κ3) is 4.93. The molecule has 1 aliphatic carbocycles. The predicted octanol–water partition coefficient (Wildman–Crippen LogP) is 2.22. The zero-order valence-electron chi connectivity index (χ0n) is 12.2. The van der Waals surface area contributed by atoms with Gasteiger partial charge >= 0.3 is 0 Å². The van der Waals surface area contributed by atoms with Gasteiger partial charge in [-0.2, -0.15) is 0 Å². The summed E-state index contributed by atoms with van der Waals surface area (Å²) in [5.41, 5.74) is 1.15. The fourth-order valence-electron chi connectivity index (χ4n) is 2.09. The molecule has 0 aromatic heterocycles. The van der Waals surface area contributed by atoms with Gasteiger partial charge < -0.3 is 14.8 Å². The first-order chi connectivity index (χ1) is 10.2. The largest absolute Gasteiger partial charge is 0.349 e. The van der Waals surface area contributed by atoms with Crippen LogP contribution in [0.25, 0.3) is 0 Å². The van der Waals surface area contributed by atoms with Crippen molar-refractivity contribution in [3.63, 3.8) is 0 Å². The molecule has 1 atom stereocenters. The highest BCUT2D eigenvalue weighted by molar-refractivity contribution is 5.81. The molecular formula is C17H21NO3. The zero-order chi connectivity index (χ0) is 15.0. The van der Waals surface area contributed by atoms with Crippen LogP contribution in [0, 0.1) is 0 Å². The number of carbonyl (C=O) groups excluding carboxylic acids is 1. The van der Waals surface area contributed by atoms with Crippen LogP contribution in [-0.2, 0) is 20.8 Å². The van der Waals surface area contributed by atoms with E-state index in [-0.39, 0.29) is 18.9 Å². The quantitative estimate of drug-likeness (QED) is 0.745. The number of rotatable bonds is 8. The average Bonchev–Trinajstić information content (AvgIpc) is 2.55. The molecular weight excluding hydrogens is 266 g/mol. The molecule has 21 heavy (non-hydrogen) atoms. The van der Waals surface area contributed by atoms with Gasteiger partial charge in [-0.15, -0.1) is 0 Å². The minimum absolute atomic E-state index is 0.00492. The molecule has 4 heteroatoms. The lowest BCUT2D eigenvalue weighted by Gasteiger charge is -2.29. The van der Waals surface area contributed by atoms with Crippen LogP contribution in [0.1, 0.15) is 12.0 Å². The van der Waals surface area contributed by atoms with E-state index in [2.05, 4.69) is 5.32 Å². The molecule has 0 saturated carbocycles. The van der Waals surface area contributed by atoms with Gasteiger partial charge in [0.1, 0.15) is 6.61 Å². The molecule has 0 bridgehead atoms. The Balaban J connectivity index is 1.70. The van der Waals surface area contributed by atoms with Gasteiger partial charge in [0.25, 0.3) is 0 Å². The SMILES string of the molecule is COC1(OCC(=O)CNCc2ccccc2)C=CC=CC1. The first-order valence-corrected chi connectivity index (χ1v) is 7.04. The van der Waals surface area contributed by atoms with Crippen molar-refractivity contribution in [3.8, 4) is 0 Å². The van der Waals surface area contributed by atoms with Crippen molar-refractivity contribution in [1.82, 2.24) is 5.32 Å². The summed E-state index contributed by atoms with van der Waals surface area (Å²) in [6.07, 6.45) is 8.21. The van der Waals surface area contributed by atoms with Gasteiger partial charge in [0, 0.05) is 20.1 Å². The first kappa shape index (κ1) is 15.6. The number of ether oxygens (including phenoxy) is 2. The molecule has 1 aromatic rings. The van der Waals surface area contributed by atoms with Gasteiger partial charge in [0.05, 0.1) is 6.54 Å². The Labute approximate surface area is 125 Å². The van der Waals surface area contributed by atoms with E-state index >= 15 is 0 Å². The maximum absolute atomic E-state index is 11.8. The summed E-state index contributed by atoms with van der Waals surface area (Å²) in [4.78, 5) is 11.8. The summed E-state index contributed by atoms with van der Waals surface area (Å²) in [5.74, 6) is -0.797. The van der Waals surface area contributed by atoms with E-state index in [4.69, 9.17) is 9.47 Å². The number of ketones is 1. The summed E-state index contributed by atoms with van der Waals surface area (Å²) in [6.45, 7) is 0.993. The van der Waals surface area contributed by atoms with Crippen molar-refractivity contribution in [1.29, 1.82) is 0 Å². The fourth-order valence-corrected chi connectivity index (χ4v) is 2.09.